The third kappa shape index (κ3) is 2.50. The summed E-state index contributed by atoms with van der Waals surface area (Å²) >= 11 is 0. The average Bonchev–Trinajstić information content (AvgIpc) is 2.46. The minimum absolute atomic E-state index is 0.664. The van der Waals surface area contributed by atoms with Gasteiger partial charge in [0.2, 0.25) is 0 Å². The van der Waals surface area contributed by atoms with Crippen LogP contribution in [0.3, 0.4) is 0 Å². The largest absolute Gasteiger partial charge is 0.496 e. The Morgan fingerprint density at radius 2 is 1.45 bits per heavy atom. The van der Waals surface area contributed by atoms with Crippen molar-refractivity contribution in [3.05, 3.63) is 35.9 Å². The lowest BCUT2D eigenvalue weighted by molar-refractivity contribution is 0.377. The van der Waals surface area contributed by atoms with Crippen molar-refractivity contribution in [3.8, 4) is 28.4 Å². The molecule has 0 saturated heterocycles. The first-order chi connectivity index (χ1) is 9.60. The van der Waals surface area contributed by atoms with Crippen molar-refractivity contribution in [3.63, 3.8) is 0 Å². The molecule has 0 aromatic heterocycles. The average molecular weight is 273 g/mol. The second-order valence-electron chi connectivity index (χ2n) is 4.50. The van der Waals surface area contributed by atoms with E-state index in [4.69, 9.17) is 19.9 Å². The van der Waals surface area contributed by atoms with Gasteiger partial charge >= 0.3 is 0 Å². The summed E-state index contributed by atoms with van der Waals surface area (Å²) in [6.45, 7) is 2.00. The molecule has 0 aliphatic heterocycles. The Bertz CT molecular complexity index is 598. The summed E-state index contributed by atoms with van der Waals surface area (Å²) in [6.07, 6.45) is 0. The molecule has 2 N–H and O–H groups in total. The Kier molecular flexibility index (Phi) is 4.03. The van der Waals surface area contributed by atoms with Crippen LogP contribution in [0.15, 0.2) is 30.3 Å². The number of hydrogen-bond acceptors (Lipinski definition) is 4. The van der Waals surface area contributed by atoms with E-state index in [0.29, 0.717) is 22.9 Å². The topological polar surface area (TPSA) is 53.7 Å². The van der Waals surface area contributed by atoms with Crippen LogP contribution in [0.4, 0.5) is 5.69 Å². The monoisotopic (exact) mass is 273 g/mol. The van der Waals surface area contributed by atoms with Gasteiger partial charge in [-0.25, -0.2) is 0 Å². The maximum absolute atomic E-state index is 6.13. The molecule has 106 valence electrons. The summed E-state index contributed by atoms with van der Waals surface area (Å²) in [5, 5.41) is 0. The third-order valence-corrected chi connectivity index (χ3v) is 3.19. The van der Waals surface area contributed by atoms with Gasteiger partial charge in [0.25, 0.3) is 0 Å². The van der Waals surface area contributed by atoms with E-state index < -0.39 is 0 Å². The Labute approximate surface area is 119 Å². The Morgan fingerprint density at radius 3 is 1.90 bits per heavy atom. The Morgan fingerprint density at radius 1 is 0.850 bits per heavy atom. The fourth-order valence-corrected chi connectivity index (χ4v) is 2.18. The van der Waals surface area contributed by atoms with E-state index in [1.54, 1.807) is 21.3 Å². The van der Waals surface area contributed by atoms with Gasteiger partial charge in [-0.1, -0.05) is 12.1 Å². The molecule has 0 aliphatic carbocycles. The lowest BCUT2D eigenvalue weighted by atomic mass is 9.99. The number of nitrogen functional groups attached to an aromatic ring is 1. The molecule has 4 heteroatoms. The number of anilines is 1. The number of rotatable bonds is 4. The highest BCUT2D eigenvalue weighted by molar-refractivity contribution is 5.85. The van der Waals surface area contributed by atoms with E-state index in [0.717, 1.165) is 16.7 Å². The highest BCUT2D eigenvalue weighted by Gasteiger charge is 2.17. The van der Waals surface area contributed by atoms with Crippen molar-refractivity contribution >= 4 is 5.69 Å². The Balaban J connectivity index is 2.71. The molecule has 0 aliphatic rings. The van der Waals surface area contributed by atoms with Crippen molar-refractivity contribution < 1.29 is 14.2 Å². The highest BCUT2D eigenvalue weighted by Crippen LogP contribution is 2.43. The van der Waals surface area contributed by atoms with Crippen LogP contribution in [0.5, 0.6) is 17.2 Å². The summed E-state index contributed by atoms with van der Waals surface area (Å²) < 4.78 is 16.2. The summed E-state index contributed by atoms with van der Waals surface area (Å²) in [4.78, 5) is 0. The summed E-state index contributed by atoms with van der Waals surface area (Å²) in [5.74, 6) is 2.00. The van der Waals surface area contributed by atoms with Gasteiger partial charge in [-0.15, -0.1) is 0 Å². The summed E-state index contributed by atoms with van der Waals surface area (Å²) in [5.41, 5.74) is 9.63. The first kappa shape index (κ1) is 14.1. The van der Waals surface area contributed by atoms with Gasteiger partial charge < -0.3 is 19.9 Å². The maximum Gasteiger partial charge on any atom is 0.134 e. The molecule has 0 amide bonds. The van der Waals surface area contributed by atoms with Crippen LogP contribution in [-0.4, -0.2) is 21.3 Å². The van der Waals surface area contributed by atoms with Gasteiger partial charge in [0.1, 0.15) is 17.2 Å². The van der Waals surface area contributed by atoms with E-state index in [9.17, 15) is 0 Å². The molecular formula is C16H19NO3. The van der Waals surface area contributed by atoms with Crippen LogP contribution in [0.25, 0.3) is 11.1 Å². The van der Waals surface area contributed by atoms with E-state index >= 15 is 0 Å². The smallest absolute Gasteiger partial charge is 0.134 e. The fourth-order valence-electron chi connectivity index (χ4n) is 2.18. The zero-order valence-electron chi connectivity index (χ0n) is 12.2. The molecule has 0 radical (unpaired) electrons. The van der Waals surface area contributed by atoms with Crippen LogP contribution in [0, 0.1) is 6.92 Å². The highest BCUT2D eigenvalue weighted by atomic mass is 16.5. The number of methoxy groups -OCH3 is 3. The molecule has 20 heavy (non-hydrogen) atoms. The first-order valence-electron chi connectivity index (χ1n) is 6.27. The quantitative estimate of drug-likeness (QED) is 0.869. The van der Waals surface area contributed by atoms with Crippen LogP contribution in [0.2, 0.25) is 0 Å². The minimum Gasteiger partial charge on any atom is -0.496 e. The second kappa shape index (κ2) is 5.74. The molecule has 2 aromatic carbocycles. The number of hydrogen-bond donors (Lipinski definition) is 1. The molecule has 0 bridgehead atoms. The molecule has 2 rings (SSSR count). The number of ether oxygens (including phenoxy) is 3. The fraction of sp³-hybridized carbons (Fsp3) is 0.250. The van der Waals surface area contributed by atoms with Crippen molar-refractivity contribution in [2.75, 3.05) is 27.1 Å². The zero-order chi connectivity index (χ0) is 14.7. The van der Waals surface area contributed by atoms with Gasteiger partial charge in [0.15, 0.2) is 0 Å². The standard InChI is InChI=1S/C16H19NO3/c1-10-5-6-12(13(17)7-10)16-14(19-3)8-11(18-2)9-15(16)20-4/h5-9H,17H2,1-4H3. The van der Waals surface area contributed by atoms with Crippen molar-refractivity contribution in [1.82, 2.24) is 0 Å². The van der Waals surface area contributed by atoms with Gasteiger partial charge in [-0.2, -0.15) is 0 Å². The summed E-state index contributed by atoms with van der Waals surface area (Å²) in [6, 6.07) is 9.54. The third-order valence-electron chi connectivity index (χ3n) is 3.19. The van der Waals surface area contributed by atoms with Crippen molar-refractivity contribution in [2.24, 2.45) is 0 Å². The SMILES string of the molecule is COc1cc(OC)c(-c2ccc(C)cc2N)c(OC)c1. The van der Waals surface area contributed by atoms with Crippen LogP contribution >= 0.6 is 0 Å². The number of nitrogens with two attached hydrogens (primary N) is 1. The predicted octanol–water partition coefficient (Wildman–Crippen LogP) is 3.27. The second-order valence-corrected chi connectivity index (χ2v) is 4.50. The molecule has 0 unspecified atom stereocenters. The van der Waals surface area contributed by atoms with E-state index in [1.165, 1.54) is 0 Å². The molecule has 0 atom stereocenters. The number of aryl methyl sites for hydroxylation is 1. The normalized spacial score (nSPS) is 10.2. The van der Waals surface area contributed by atoms with E-state index in [1.807, 2.05) is 37.3 Å². The van der Waals surface area contributed by atoms with Crippen molar-refractivity contribution in [2.45, 2.75) is 6.92 Å². The molecule has 0 fully saturated rings. The molecular weight excluding hydrogens is 254 g/mol. The lowest BCUT2D eigenvalue weighted by Gasteiger charge is -2.16. The summed E-state index contributed by atoms with van der Waals surface area (Å²) in [7, 11) is 4.83. The van der Waals surface area contributed by atoms with E-state index in [-0.39, 0.29) is 0 Å². The molecule has 4 nitrogen and oxygen atoms in total. The zero-order valence-corrected chi connectivity index (χ0v) is 12.2. The molecule has 0 spiro atoms. The van der Waals surface area contributed by atoms with Crippen LogP contribution in [-0.2, 0) is 0 Å². The molecule has 0 saturated carbocycles. The lowest BCUT2D eigenvalue weighted by Crippen LogP contribution is -1.98. The van der Waals surface area contributed by atoms with Gasteiger partial charge in [-0.3, -0.25) is 0 Å². The first-order valence-corrected chi connectivity index (χ1v) is 6.27. The van der Waals surface area contributed by atoms with Crippen LogP contribution < -0.4 is 19.9 Å². The predicted molar refractivity (Wildman–Crippen MR) is 80.7 cm³/mol. The van der Waals surface area contributed by atoms with E-state index in [2.05, 4.69) is 0 Å². The number of benzene rings is 2. The molecule has 0 heterocycles. The minimum atomic E-state index is 0.664. The van der Waals surface area contributed by atoms with Crippen LogP contribution in [0.1, 0.15) is 5.56 Å². The van der Waals surface area contributed by atoms with Gasteiger partial charge in [0.05, 0.1) is 26.9 Å². The van der Waals surface area contributed by atoms with Crippen molar-refractivity contribution in [1.29, 1.82) is 0 Å². The molecule has 2 aromatic rings. The Hall–Kier alpha value is -2.36. The maximum atomic E-state index is 6.13. The van der Waals surface area contributed by atoms with Gasteiger partial charge in [-0.05, 0) is 18.6 Å². The van der Waals surface area contributed by atoms with Gasteiger partial charge in [0, 0.05) is 23.4 Å².